The standard InChI is InChI=1S/C25H20BrFN2O3/c26-19-3-1-2-18(14-19)24(31)28-21-8-9-22(23(30)15-21)25(32)29-12-10-17(11-13-29)16-4-6-20(27)7-5-16/h1-10,14-15,30H,11-13H2,(H,28,31). The highest BCUT2D eigenvalue weighted by Gasteiger charge is 2.22. The molecule has 0 unspecified atom stereocenters. The zero-order valence-corrected chi connectivity index (χ0v) is 18.6. The normalized spacial score (nSPS) is 13.4. The van der Waals surface area contributed by atoms with Crippen LogP contribution in [-0.4, -0.2) is 34.9 Å². The van der Waals surface area contributed by atoms with Gasteiger partial charge < -0.3 is 15.3 Å². The van der Waals surface area contributed by atoms with Crippen LogP contribution < -0.4 is 5.32 Å². The second kappa shape index (κ2) is 9.36. The lowest BCUT2D eigenvalue weighted by molar-refractivity contribution is 0.0769. The molecular formula is C25H20BrFN2O3. The van der Waals surface area contributed by atoms with Gasteiger partial charge in [-0.3, -0.25) is 9.59 Å². The van der Waals surface area contributed by atoms with E-state index in [9.17, 15) is 19.1 Å². The topological polar surface area (TPSA) is 69.6 Å². The van der Waals surface area contributed by atoms with Gasteiger partial charge in [0, 0.05) is 34.9 Å². The number of phenolic OH excluding ortho intramolecular Hbond substituents is 1. The lowest BCUT2D eigenvalue weighted by Gasteiger charge is -2.27. The summed E-state index contributed by atoms with van der Waals surface area (Å²) in [5.74, 6) is -1.09. The van der Waals surface area contributed by atoms with E-state index < -0.39 is 0 Å². The maximum Gasteiger partial charge on any atom is 0.257 e. The molecule has 0 radical (unpaired) electrons. The third-order valence-corrected chi connectivity index (χ3v) is 5.78. The van der Waals surface area contributed by atoms with Gasteiger partial charge in [0.2, 0.25) is 0 Å². The molecule has 0 bridgehead atoms. The van der Waals surface area contributed by atoms with E-state index in [1.54, 1.807) is 41.3 Å². The van der Waals surface area contributed by atoms with Gasteiger partial charge in [0.25, 0.3) is 11.8 Å². The Morgan fingerprint density at radius 2 is 1.81 bits per heavy atom. The maximum atomic E-state index is 13.1. The van der Waals surface area contributed by atoms with Crippen LogP contribution in [0.15, 0.2) is 77.3 Å². The van der Waals surface area contributed by atoms with Crippen molar-refractivity contribution in [2.75, 3.05) is 18.4 Å². The van der Waals surface area contributed by atoms with Crippen LogP contribution in [0.5, 0.6) is 5.75 Å². The van der Waals surface area contributed by atoms with Gasteiger partial charge in [0.05, 0.1) is 5.56 Å². The second-order valence-corrected chi connectivity index (χ2v) is 8.35. The number of nitrogens with one attached hydrogen (secondary N) is 1. The molecule has 5 nitrogen and oxygen atoms in total. The highest BCUT2D eigenvalue weighted by atomic mass is 79.9. The van der Waals surface area contributed by atoms with Gasteiger partial charge in [-0.05, 0) is 60.0 Å². The minimum atomic E-state index is -0.320. The number of hydrogen-bond acceptors (Lipinski definition) is 3. The van der Waals surface area contributed by atoms with Crippen molar-refractivity contribution < 1.29 is 19.1 Å². The molecule has 7 heteroatoms. The highest BCUT2D eigenvalue weighted by Crippen LogP contribution is 2.27. The summed E-state index contributed by atoms with van der Waals surface area (Å²) in [4.78, 5) is 26.9. The number of anilines is 1. The van der Waals surface area contributed by atoms with E-state index in [2.05, 4.69) is 21.2 Å². The molecule has 3 aromatic carbocycles. The minimum absolute atomic E-state index is 0.170. The SMILES string of the molecule is O=C(Nc1ccc(C(=O)N2CC=C(c3ccc(F)cc3)CC2)c(O)c1)c1cccc(Br)c1. The zero-order chi connectivity index (χ0) is 22.7. The molecule has 3 aromatic rings. The third-order valence-electron chi connectivity index (χ3n) is 5.28. The predicted octanol–water partition coefficient (Wildman–Crippen LogP) is 5.48. The molecule has 1 heterocycles. The number of phenols is 1. The monoisotopic (exact) mass is 494 g/mol. The van der Waals surface area contributed by atoms with E-state index in [0.717, 1.165) is 15.6 Å². The van der Waals surface area contributed by atoms with Crippen LogP contribution in [0.2, 0.25) is 0 Å². The largest absolute Gasteiger partial charge is 0.507 e. The third kappa shape index (κ3) is 4.89. The van der Waals surface area contributed by atoms with Gasteiger partial charge >= 0.3 is 0 Å². The Balaban J connectivity index is 1.43. The first-order chi connectivity index (χ1) is 15.4. The van der Waals surface area contributed by atoms with Crippen LogP contribution >= 0.6 is 15.9 Å². The fourth-order valence-electron chi connectivity index (χ4n) is 3.57. The molecule has 32 heavy (non-hydrogen) atoms. The van der Waals surface area contributed by atoms with E-state index in [-0.39, 0.29) is 28.9 Å². The molecule has 0 fully saturated rings. The van der Waals surface area contributed by atoms with Crippen LogP contribution in [0.1, 0.15) is 32.7 Å². The average Bonchev–Trinajstić information content (AvgIpc) is 2.79. The van der Waals surface area contributed by atoms with Crippen molar-refractivity contribution >= 4 is 39.0 Å². The van der Waals surface area contributed by atoms with Gasteiger partial charge in [-0.25, -0.2) is 4.39 Å². The van der Waals surface area contributed by atoms with Crippen LogP contribution in [0.4, 0.5) is 10.1 Å². The molecule has 0 atom stereocenters. The summed E-state index contributed by atoms with van der Waals surface area (Å²) >= 11 is 3.33. The number of benzene rings is 3. The number of carbonyl (C=O) groups is 2. The summed E-state index contributed by atoms with van der Waals surface area (Å²) in [5.41, 5.74) is 3.03. The van der Waals surface area contributed by atoms with E-state index in [1.807, 2.05) is 12.1 Å². The Morgan fingerprint density at radius 3 is 2.47 bits per heavy atom. The molecule has 2 amide bonds. The van der Waals surface area contributed by atoms with Gasteiger partial charge in [0.1, 0.15) is 11.6 Å². The predicted molar refractivity (Wildman–Crippen MR) is 125 cm³/mol. The fourth-order valence-corrected chi connectivity index (χ4v) is 3.97. The van der Waals surface area contributed by atoms with E-state index in [4.69, 9.17) is 0 Å². The average molecular weight is 495 g/mol. The van der Waals surface area contributed by atoms with Gasteiger partial charge in [-0.2, -0.15) is 0 Å². The molecule has 0 saturated carbocycles. The Bertz CT molecular complexity index is 1210. The van der Waals surface area contributed by atoms with Crippen molar-refractivity contribution in [1.29, 1.82) is 0 Å². The van der Waals surface area contributed by atoms with Gasteiger partial charge in [-0.1, -0.05) is 40.2 Å². The maximum absolute atomic E-state index is 13.1. The molecule has 2 N–H and O–H groups in total. The summed E-state index contributed by atoms with van der Waals surface area (Å²) in [6.45, 7) is 0.884. The minimum Gasteiger partial charge on any atom is -0.507 e. The van der Waals surface area contributed by atoms with E-state index in [0.29, 0.717) is 30.8 Å². The molecule has 0 saturated heterocycles. The van der Waals surface area contributed by atoms with Crippen molar-refractivity contribution in [3.05, 3.63) is 99.8 Å². The molecule has 1 aliphatic rings. The molecule has 0 aliphatic carbocycles. The molecule has 0 spiro atoms. The van der Waals surface area contributed by atoms with Crippen molar-refractivity contribution in [2.24, 2.45) is 0 Å². The first kappa shape index (κ1) is 21.8. The number of rotatable bonds is 4. The highest BCUT2D eigenvalue weighted by molar-refractivity contribution is 9.10. The van der Waals surface area contributed by atoms with Crippen LogP contribution in [-0.2, 0) is 0 Å². The van der Waals surface area contributed by atoms with Crippen LogP contribution in [0, 0.1) is 5.82 Å². The number of amides is 2. The first-order valence-corrected chi connectivity index (χ1v) is 10.8. The number of carbonyl (C=O) groups excluding carboxylic acids is 2. The van der Waals surface area contributed by atoms with Gasteiger partial charge in [-0.15, -0.1) is 0 Å². The Kier molecular flexibility index (Phi) is 6.37. The zero-order valence-electron chi connectivity index (χ0n) is 17.0. The summed E-state index contributed by atoms with van der Waals surface area (Å²) in [7, 11) is 0. The molecule has 4 rings (SSSR count). The van der Waals surface area contributed by atoms with Crippen LogP contribution in [0.25, 0.3) is 5.57 Å². The van der Waals surface area contributed by atoms with Crippen molar-refractivity contribution in [1.82, 2.24) is 4.90 Å². The smallest absolute Gasteiger partial charge is 0.257 e. The molecule has 0 aromatic heterocycles. The summed E-state index contributed by atoms with van der Waals surface area (Å²) < 4.78 is 13.9. The van der Waals surface area contributed by atoms with Gasteiger partial charge in [0.15, 0.2) is 0 Å². The number of halogens is 2. The Morgan fingerprint density at radius 1 is 1.03 bits per heavy atom. The van der Waals surface area contributed by atoms with Crippen LogP contribution in [0.3, 0.4) is 0 Å². The summed E-state index contributed by atoms with van der Waals surface area (Å²) in [6, 6.07) is 17.7. The molecular weight excluding hydrogens is 475 g/mol. The summed E-state index contributed by atoms with van der Waals surface area (Å²) in [5, 5.41) is 13.1. The number of hydrogen-bond donors (Lipinski definition) is 2. The number of nitrogens with zero attached hydrogens (tertiary/aromatic N) is 1. The Labute approximate surface area is 193 Å². The van der Waals surface area contributed by atoms with Crippen molar-refractivity contribution in [3.63, 3.8) is 0 Å². The quantitative estimate of drug-likeness (QED) is 0.504. The first-order valence-electron chi connectivity index (χ1n) is 10.0. The number of aromatic hydroxyl groups is 1. The van der Waals surface area contributed by atoms with E-state index in [1.165, 1.54) is 24.3 Å². The summed E-state index contributed by atoms with van der Waals surface area (Å²) in [6.07, 6.45) is 2.58. The van der Waals surface area contributed by atoms with Crippen molar-refractivity contribution in [3.8, 4) is 5.75 Å². The lowest BCUT2D eigenvalue weighted by Crippen LogP contribution is -2.34. The Hall–Kier alpha value is -3.45. The second-order valence-electron chi connectivity index (χ2n) is 7.43. The van der Waals surface area contributed by atoms with E-state index >= 15 is 0 Å². The molecule has 162 valence electrons. The van der Waals surface area contributed by atoms with Crippen molar-refractivity contribution in [2.45, 2.75) is 6.42 Å². The fraction of sp³-hybridized carbons (Fsp3) is 0.120. The molecule has 1 aliphatic heterocycles. The lowest BCUT2D eigenvalue weighted by atomic mass is 9.99.